The number of hydrogen-bond acceptors (Lipinski definition) is 7. The highest BCUT2D eigenvalue weighted by Gasteiger charge is 2.35. The number of benzene rings is 1. The smallest absolute Gasteiger partial charge is 0.214 e. The second-order valence-electron chi connectivity index (χ2n) is 8.75. The fourth-order valence-corrected chi connectivity index (χ4v) is 5.49. The van der Waals surface area contributed by atoms with Crippen molar-refractivity contribution in [3.8, 4) is 28.2 Å². The number of nitrogens with one attached hydrogen (secondary N) is 1. The molecule has 1 fully saturated rings. The first kappa shape index (κ1) is 22.3. The summed E-state index contributed by atoms with van der Waals surface area (Å²) in [6.45, 7) is 0.249. The minimum absolute atomic E-state index is 0.246. The van der Waals surface area contributed by atoms with Gasteiger partial charge in [0.15, 0.2) is 11.5 Å². The SMILES string of the molecule is Nc1ncccc1-c1nc2cc(-c3cccnc3)cnc2n1-c1ccc(CNS(=O)(=O)C2CC2)cc1. The summed E-state index contributed by atoms with van der Waals surface area (Å²) < 4.78 is 29.0. The van der Waals surface area contributed by atoms with E-state index in [9.17, 15) is 8.42 Å². The number of hydrogen-bond donors (Lipinski definition) is 2. The van der Waals surface area contributed by atoms with Crippen molar-refractivity contribution < 1.29 is 8.42 Å². The van der Waals surface area contributed by atoms with Crippen LogP contribution >= 0.6 is 0 Å². The van der Waals surface area contributed by atoms with Crippen LogP contribution in [0.4, 0.5) is 5.82 Å². The van der Waals surface area contributed by atoms with Crippen LogP contribution < -0.4 is 10.5 Å². The molecule has 1 aliphatic carbocycles. The molecule has 1 aromatic carbocycles. The lowest BCUT2D eigenvalue weighted by Crippen LogP contribution is -2.26. The van der Waals surface area contributed by atoms with Crippen molar-refractivity contribution in [2.75, 3.05) is 5.73 Å². The Hall–Kier alpha value is -4.15. The molecule has 0 radical (unpaired) electrons. The van der Waals surface area contributed by atoms with Gasteiger partial charge in [-0.15, -0.1) is 0 Å². The molecule has 10 heteroatoms. The van der Waals surface area contributed by atoms with Gasteiger partial charge in [-0.25, -0.2) is 28.1 Å². The molecule has 0 spiro atoms. The van der Waals surface area contributed by atoms with Crippen LogP contribution in [0.15, 0.2) is 79.4 Å². The molecule has 5 aromatic rings. The van der Waals surface area contributed by atoms with Crippen molar-refractivity contribution in [3.63, 3.8) is 0 Å². The van der Waals surface area contributed by atoms with Crippen molar-refractivity contribution in [1.82, 2.24) is 29.2 Å². The third-order valence-corrected chi connectivity index (χ3v) is 8.10. The molecule has 1 saturated carbocycles. The first-order valence-electron chi connectivity index (χ1n) is 11.6. The third kappa shape index (κ3) is 4.21. The van der Waals surface area contributed by atoms with Gasteiger partial charge in [0.1, 0.15) is 11.3 Å². The zero-order chi connectivity index (χ0) is 24.7. The van der Waals surface area contributed by atoms with E-state index in [-0.39, 0.29) is 11.8 Å². The molecule has 0 bridgehead atoms. The number of nitrogens with two attached hydrogens (primary N) is 1. The van der Waals surface area contributed by atoms with E-state index in [0.29, 0.717) is 28.4 Å². The van der Waals surface area contributed by atoms with Gasteiger partial charge in [0, 0.05) is 48.1 Å². The molecule has 6 rings (SSSR count). The van der Waals surface area contributed by atoms with E-state index in [1.807, 2.05) is 59.2 Å². The van der Waals surface area contributed by atoms with Crippen LogP contribution in [0.3, 0.4) is 0 Å². The predicted octanol–water partition coefficient (Wildman–Crippen LogP) is 3.71. The molecule has 0 saturated heterocycles. The number of rotatable bonds is 7. The molecular formula is C26H23N7O2S. The summed E-state index contributed by atoms with van der Waals surface area (Å²) in [6.07, 6.45) is 8.43. The Bertz CT molecular complexity index is 1660. The zero-order valence-electron chi connectivity index (χ0n) is 19.2. The van der Waals surface area contributed by atoms with Gasteiger partial charge >= 0.3 is 0 Å². The molecule has 4 heterocycles. The Labute approximate surface area is 208 Å². The number of imidazole rings is 1. The molecule has 3 N–H and O–H groups in total. The van der Waals surface area contributed by atoms with Crippen LogP contribution in [0.1, 0.15) is 18.4 Å². The molecule has 0 aliphatic heterocycles. The Morgan fingerprint density at radius 2 is 1.78 bits per heavy atom. The van der Waals surface area contributed by atoms with Crippen LogP contribution in [-0.4, -0.2) is 38.2 Å². The molecule has 9 nitrogen and oxygen atoms in total. The van der Waals surface area contributed by atoms with E-state index in [4.69, 9.17) is 15.7 Å². The monoisotopic (exact) mass is 497 g/mol. The van der Waals surface area contributed by atoms with Crippen LogP contribution in [0, 0.1) is 0 Å². The van der Waals surface area contributed by atoms with Crippen molar-refractivity contribution >= 4 is 27.0 Å². The predicted molar refractivity (Wildman–Crippen MR) is 139 cm³/mol. The standard InChI is InChI=1S/C26H23N7O2S/c27-24-22(4-2-12-29-24)25-32-23-13-19(18-3-1-11-28-15-18)16-30-26(23)33(25)20-7-5-17(6-8-20)14-31-36(34,35)21-9-10-21/h1-8,11-13,15-16,21,31H,9-10,14H2,(H2,27,29). The average molecular weight is 498 g/mol. The minimum atomic E-state index is -3.24. The third-order valence-electron chi connectivity index (χ3n) is 6.21. The molecule has 1 aliphatic rings. The number of aromatic nitrogens is 5. The number of fused-ring (bicyclic) bond motifs is 1. The highest BCUT2D eigenvalue weighted by atomic mass is 32.2. The second kappa shape index (κ2) is 8.81. The maximum Gasteiger partial charge on any atom is 0.214 e. The van der Waals surface area contributed by atoms with Gasteiger partial charge in [-0.05, 0) is 54.8 Å². The van der Waals surface area contributed by atoms with E-state index >= 15 is 0 Å². The number of anilines is 1. The normalized spacial score (nSPS) is 13.8. The van der Waals surface area contributed by atoms with E-state index in [1.54, 1.807) is 24.8 Å². The fourth-order valence-electron chi connectivity index (χ4n) is 4.13. The molecule has 36 heavy (non-hydrogen) atoms. The van der Waals surface area contributed by atoms with Crippen molar-refractivity contribution in [2.45, 2.75) is 24.6 Å². The van der Waals surface area contributed by atoms with Gasteiger partial charge < -0.3 is 5.73 Å². The second-order valence-corrected chi connectivity index (χ2v) is 10.8. The number of nitrogens with zero attached hydrogens (tertiary/aromatic N) is 5. The summed E-state index contributed by atoms with van der Waals surface area (Å²) in [6, 6.07) is 17.2. The Kier molecular flexibility index (Phi) is 5.46. The lowest BCUT2D eigenvalue weighted by atomic mass is 10.1. The zero-order valence-corrected chi connectivity index (χ0v) is 20.1. The summed E-state index contributed by atoms with van der Waals surface area (Å²) in [4.78, 5) is 18.1. The minimum Gasteiger partial charge on any atom is -0.383 e. The molecule has 4 aromatic heterocycles. The lowest BCUT2D eigenvalue weighted by Gasteiger charge is -2.11. The molecule has 180 valence electrons. The Balaban J connectivity index is 1.42. The van der Waals surface area contributed by atoms with Gasteiger partial charge in [0.25, 0.3) is 0 Å². The van der Waals surface area contributed by atoms with Gasteiger partial charge in [-0.1, -0.05) is 18.2 Å². The van der Waals surface area contributed by atoms with Crippen LogP contribution in [-0.2, 0) is 16.6 Å². The summed E-state index contributed by atoms with van der Waals surface area (Å²) in [5.41, 5.74) is 11.8. The summed E-state index contributed by atoms with van der Waals surface area (Å²) in [7, 11) is -3.24. The molecule has 0 unspecified atom stereocenters. The van der Waals surface area contributed by atoms with Crippen LogP contribution in [0.2, 0.25) is 0 Å². The summed E-state index contributed by atoms with van der Waals surface area (Å²) >= 11 is 0. The van der Waals surface area contributed by atoms with E-state index < -0.39 is 10.0 Å². The lowest BCUT2D eigenvalue weighted by molar-refractivity contribution is 0.580. The van der Waals surface area contributed by atoms with Crippen molar-refractivity contribution in [3.05, 3.63) is 84.9 Å². The quantitative estimate of drug-likeness (QED) is 0.351. The fraction of sp³-hybridized carbons (Fsp3) is 0.154. The van der Waals surface area contributed by atoms with Gasteiger partial charge in [0.2, 0.25) is 10.0 Å². The maximum atomic E-state index is 12.2. The van der Waals surface area contributed by atoms with Crippen molar-refractivity contribution in [1.29, 1.82) is 0 Å². The number of sulfonamides is 1. The summed E-state index contributed by atoms with van der Waals surface area (Å²) in [5, 5.41) is -0.246. The average Bonchev–Trinajstić information content (AvgIpc) is 3.70. The summed E-state index contributed by atoms with van der Waals surface area (Å²) in [5.74, 6) is 0.987. The van der Waals surface area contributed by atoms with Crippen molar-refractivity contribution in [2.24, 2.45) is 0 Å². The van der Waals surface area contributed by atoms with E-state index in [1.165, 1.54) is 0 Å². The van der Waals surface area contributed by atoms with Crippen LogP contribution in [0.5, 0.6) is 0 Å². The van der Waals surface area contributed by atoms with E-state index in [0.717, 1.165) is 35.2 Å². The molecule has 0 amide bonds. The maximum absolute atomic E-state index is 12.2. The number of pyridine rings is 3. The topological polar surface area (TPSA) is 129 Å². The Morgan fingerprint density at radius 3 is 2.50 bits per heavy atom. The van der Waals surface area contributed by atoms with Gasteiger partial charge in [0.05, 0.1) is 10.8 Å². The van der Waals surface area contributed by atoms with Crippen LogP contribution in [0.25, 0.3) is 39.4 Å². The first-order chi connectivity index (χ1) is 17.5. The van der Waals surface area contributed by atoms with Gasteiger partial charge in [-0.2, -0.15) is 0 Å². The first-order valence-corrected chi connectivity index (χ1v) is 13.1. The van der Waals surface area contributed by atoms with Gasteiger partial charge in [-0.3, -0.25) is 9.55 Å². The Morgan fingerprint density at radius 1 is 0.972 bits per heavy atom. The highest BCUT2D eigenvalue weighted by molar-refractivity contribution is 7.90. The van der Waals surface area contributed by atoms with E-state index in [2.05, 4.69) is 14.7 Å². The number of nitrogen functional groups attached to an aromatic ring is 1. The largest absolute Gasteiger partial charge is 0.383 e. The molecular weight excluding hydrogens is 474 g/mol. The highest BCUT2D eigenvalue weighted by Crippen LogP contribution is 2.32. The molecule has 0 atom stereocenters.